The lowest BCUT2D eigenvalue weighted by molar-refractivity contribution is 0.263. The van der Waals surface area contributed by atoms with Crippen molar-refractivity contribution in [2.24, 2.45) is 5.73 Å². The Labute approximate surface area is 109 Å². The number of hydrogen-bond donors (Lipinski definition) is 3. The van der Waals surface area contributed by atoms with E-state index in [0.29, 0.717) is 17.4 Å². The Hall–Kier alpha value is -0.490. The molecule has 1 rings (SSSR count). The maximum absolute atomic E-state index is 13.4. The lowest BCUT2D eigenvalue weighted by Crippen LogP contribution is -2.35. The van der Waals surface area contributed by atoms with Crippen LogP contribution in [0.4, 0.5) is 4.39 Å². The molecular weight excluding hydrogens is 287 g/mol. The summed E-state index contributed by atoms with van der Waals surface area (Å²) in [6, 6.07) is 5.02. The van der Waals surface area contributed by atoms with E-state index in [1.54, 1.807) is 6.07 Å². The van der Waals surface area contributed by atoms with Crippen LogP contribution in [-0.4, -0.2) is 24.3 Å². The zero-order valence-electron chi connectivity index (χ0n) is 9.79. The van der Waals surface area contributed by atoms with Gasteiger partial charge in [0.05, 0.1) is 4.47 Å². The first-order chi connectivity index (χ1) is 8.08. The average Bonchev–Trinajstić information content (AvgIpc) is 2.30. The molecule has 1 aromatic rings. The number of aliphatic hydroxyl groups is 1. The van der Waals surface area contributed by atoms with Gasteiger partial charge in [-0.15, -0.1) is 0 Å². The fourth-order valence-corrected chi connectivity index (χ4v) is 1.90. The van der Waals surface area contributed by atoms with Crippen molar-refractivity contribution in [3.05, 3.63) is 34.1 Å². The van der Waals surface area contributed by atoms with Gasteiger partial charge in [0, 0.05) is 25.2 Å². The second kappa shape index (κ2) is 7.06. The van der Waals surface area contributed by atoms with E-state index in [1.165, 1.54) is 6.07 Å². The molecule has 0 saturated heterocycles. The van der Waals surface area contributed by atoms with Gasteiger partial charge in [-0.25, -0.2) is 4.39 Å². The largest absolute Gasteiger partial charge is 0.396 e. The zero-order chi connectivity index (χ0) is 12.8. The summed E-state index contributed by atoms with van der Waals surface area (Å²) in [7, 11) is 0. The highest BCUT2D eigenvalue weighted by atomic mass is 79.9. The van der Waals surface area contributed by atoms with Crippen LogP contribution in [0.25, 0.3) is 0 Å². The van der Waals surface area contributed by atoms with Gasteiger partial charge in [-0.05, 0) is 47.0 Å². The van der Waals surface area contributed by atoms with Crippen molar-refractivity contribution in [3.8, 4) is 0 Å². The topological polar surface area (TPSA) is 58.3 Å². The molecule has 3 nitrogen and oxygen atoms in total. The van der Waals surface area contributed by atoms with Crippen molar-refractivity contribution >= 4 is 15.9 Å². The van der Waals surface area contributed by atoms with Gasteiger partial charge in [-0.1, -0.05) is 6.07 Å². The van der Waals surface area contributed by atoms with Gasteiger partial charge >= 0.3 is 0 Å². The second-order valence-electron chi connectivity index (χ2n) is 4.04. The van der Waals surface area contributed by atoms with E-state index in [2.05, 4.69) is 21.2 Å². The Morgan fingerprint density at radius 2 is 2.24 bits per heavy atom. The molecule has 0 radical (unpaired) electrons. The van der Waals surface area contributed by atoms with E-state index in [0.717, 1.165) is 5.56 Å². The van der Waals surface area contributed by atoms with E-state index in [4.69, 9.17) is 10.8 Å². The van der Waals surface area contributed by atoms with Crippen LogP contribution < -0.4 is 11.1 Å². The summed E-state index contributed by atoms with van der Waals surface area (Å²) in [4.78, 5) is 0. The van der Waals surface area contributed by atoms with Crippen molar-refractivity contribution in [2.75, 3.05) is 13.2 Å². The van der Waals surface area contributed by atoms with Crippen LogP contribution in [0.3, 0.4) is 0 Å². The average molecular weight is 305 g/mol. The van der Waals surface area contributed by atoms with Gasteiger partial charge in [-0.3, -0.25) is 0 Å². The van der Waals surface area contributed by atoms with Crippen LogP contribution in [-0.2, 0) is 0 Å². The molecular formula is C12H18BrFN2O. The predicted octanol–water partition coefficient (Wildman–Crippen LogP) is 1.95. The monoisotopic (exact) mass is 304 g/mol. The van der Waals surface area contributed by atoms with Gasteiger partial charge in [0.1, 0.15) is 5.82 Å². The maximum Gasteiger partial charge on any atom is 0.137 e. The first kappa shape index (κ1) is 14.6. The normalized spacial score (nSPS) is 14.6. The van der Waals surface area contributed by atoms with Crippen molar-refractivity contribution in [1.82, 2.24) is 5.32 Å². The third-order valence-electron chi connectivity index (χ3n) is 2.63. The molecule has 0 aromatic heterocycles. The van der Waals surface area contributed by atoms with Crippen LogP contribution >= 0.6 is 15.9 Å². The lowest BCUT2D eigenvalue weighted by Gasteiger charge is -2.22. The molecule has 2 atom stereocenters. The highest BCUT2D eigenvalue weighted by Gasteiger charge is 2.13. The molecule has 1 aromatic carbocycles. The maximum atomic E-state index is 13.4. The minimum absolute atomic E-state index is 0.0980. The van der Waals surface area contributed by atoms with Crippen molar-refractivity contribution in [1.29, 1.82) is 0 Å². The summed E-state index contributed by atoms with van der Waals surface area (Å²) in [5.74, 6) is -0.294. The predicted molar refractivity (Wildman–Crippen MR) is 70.2 cm³/mol. The van der Waals surface area contributed by atoms with Crippen LogP contribution in [0.1, 0.15) is 24.9 Å². The molecule has 0 aliphatic rings. The molecule has 0 bridgehead atoms. The quantitative estimate of drug-likeness (QED) is 0.753. The van der Waals surface area contributed by atoms with Gasteiger partial charge in [0.15, 0.2) is 0 Å². The second-order valence-corrected chi connectivity index (χ2v) is 4.90. The van der Waals surface area contributed by atoms with Crippen molar-refractivity contribution < 1.29 is 9.50 Å². The summed E-state index contributed by atoms with van der Waals surface area (Å²) in [5.41, 5.74) is 6.50. The molecule has 5 heteroatoms. The number of benzene rings is 1. The molecule has 0 amide bonds. The van der Waals surface area contributed by atoms with Crippen LogP contribution in [0, 0.1) is 5.82 Å². The number of hydrogen-bond acceptors (Lipinski definition) is 3. The first-order valence-electron chi connectivity index (χ1n) is 5.60. The van der Waals surface area contributed by atoms with Crippen LogP contribution in [0.5, 0.6) is 0 Å². The summed E-state index contributed by atoms with van der Waals surface area (Å²) < 4.78 is 13.9. The summed E-state index contributed by atoms with van der Waals surface area (Å²) in [6.07, 6.45) is 0.648. The number of nitrogens with one attached hydrogen (secondary N) is 1. The highest BCUT2D eigenvalue weighted by molar-refractivity contribution is 9.10. The highest BCUT2D eigenvalue weighted by Crippen LogP contribution is 2.20. The zero-order valence-corrected chi connectivity index (χ0v) is 11.4. The minimum atomic E-state index is -0.294. The van der Waals surface area contributed by atoms with Crippen LogP contribution in [0.15, 0.2) is 22.7 Å². The molecule has 0 heterocycles. The van der Waals surface area contributed by atoms with E-state index < -0.39 is 0 Å². The third-order valence-corrected chi connectivity index (χ3v) is 3.27. The minimum Gasteiger partial charge on any atom is -0.396 e. The molecule has 0 spiro atoms. The third kappa shape index (κ3) is 4.35. The molecule has 96 valence electrons. The Morgan fingerprint density at radius 3 is 2.76 bits per heavy atom. The summed E-state index contributed by atoms with van der Waals surface area (Å²) >= 11 is 3.12. The van der Waals surface area contributed by atoms with Gasteiger partial charge in [0.25, 0.3) is 0 Å². The fourth-order valence-electron chi connectivity index (χ4n) is 1.65. The Morgan fingerprint density at radius 1 is 1.53 bits per heavy atom. The number of rotatable bonds is 6. The Kier molecular flexibility index (Phi) is 6.05. The number of aliphatic hydroxyl groups excluding tert-OH is 1. The van der Waals surface area contributed by atoms with Gasteiger partial charge < -0.3 is 16.2 Å². The number of nitrogens with two attached hydrogens (primary N) is 1. The first-order valence-corrected chi connectivity index (χ1v) is 6.39. The molecule has 0 fully saturated rings. The van der Waals surface area contributed by atoms with E-state index in [9.17, 15) is 4.39 Å². The lowest BCUT2D eigenvalue weighted by atomic mass is 10.1. The van der Waals surface area contributed by atoms with E-state index in [1.807, 2.05) is 13.0 Å². The summed E-state index contributed by atoms with van der Waals surface area (Å²) in [6.45, 7) is 2.48. The van der Waals surface area contributed by atoms with Gasteiger partial charge in [0.2, 0.25) is 0 Å². The standard InChI is InChI=1S/C12H18BrFN2O/c1-8(4-5-17)16-12(7-15)9-2-3-10(13)11(14)6-9/h2-3,6,8,12,16-17H,4-5,7,15H2,1H3. The van der Waals surface area contributed by atoms with Crippen LogP contribution in [0.2, 0.25) is 0 Å². The molecule has 17 heavy (non-hydrogen) atoms. The van der Waals surface area contributed by atoms with E-state index in [-0.39, 0.29) is 24.5 Å². The molecule has 4 N–H and O–H groups in total. The van der Waals surface area contributed by atoms with Gasteiger partial charge in [-0.2, -0.15) is 0 Å². The molecule has 2 unspecified atom stereocenters. The molecule has 0 aliphatic heterocycles. The van der Waals surface area contributed by atoms with Crippen molar-refractivity contribution in [2.45, 2.75) is 25.4 Å². The smallest absolute Gasteiger partial charge is 0.137 e. The SMILES string of the molecule is CC(CCO)NC(CN)c1ccc(Br)c(F)c1. The fraction of sp³-hybridized carbons (Fsp3) is 0.500. The number of halogens is 2. The van der Waals surface area contributed by atoms with E-state index >= 15 is 0 Å². The molecule has 0 saturated carbocycles. The Balaban J connectivity index is 2.75. The van der Waals surface area contributed by atoms with Crippen molar-refractivity contribution in [3.63, 3.8) is 0 Å². The Bertz CT molecular complexity index is 362. The molecule has 0 aliphatic carbocycles. The summed E-state index contributed by atoms with van der Waals surface area (Å²) in [5, 5.41) is 12.1.